The molecular weight excluding hydrogens is 238 g/mol. The van der Waals surface area contributed by atoms with Gasteiger partial charge in [-0.1, -0.05) is 47.1 Å². The zero-order valence-electron chi connectivity index (χ0n) is 10.9. The molecule has 0 amide bonds. The fourth-order valence-electron chi connectivity index (χ4n) is 1.97. The first-order valence-electron chi connectivity index (χ1n) is 6.25. The zero-order valence-corrected chi connectivity index (χ0v) is 10.9. The molecular formula is C16H17NO2. The summed E-state index contributed by atoms with van der Waals surface area (Å²) in [5, 5.41) is 22.2. The van der Waals surface area contributed by atoms with Gasteiger partial charge in [-0.05, 0) is 37.5 Å². The number of para-hydroxylation sites is 1. The van der Waals surface area contributed by atoms with Crippen LogP contribution in [0.25, 0.3) is 0 Å². The van der Waals surface area contributed by atoms with Gasteiger partial charge < -0.3 is 10.3 Å². The number of oxime groups is 1. The van der Waals surface area contributed by atoms with E-state index in [4.69, 9.17) is 5.21 Å². The summed E-state index contributed by atoms with van der Waals surface area (Å²) in [4.78, 5) is 0. The maximum absolute atomic E-state index is 9.75. The summed E-state index contributed by atoms with van der Waals surface area (Å²) < 4.78 is 0. The van der Waals surface area contributed by atoms with E-state index in [0.717, 1.165) is 6.42 Å². The number of aromatic hydroxyl groups is 1. The van der Waals surface area contributed by atoms with Crippen molar-refractivity contribution in [3.8, 4) is 5.75 Å². The highest BCUT2D eigenvalue weighted by Crippen LogP contribution is 2.19. The van der Waals surface area contributed by atoms with Crippen LogP contribution >= 0.6 is 0 Å². The molecule has 0 aliphatic carbocycles. The molecule has 0 aliphatic rings. The summed E-state index contributed by atoms with van der Waals surface area (Å²) in [6.45, 7) is 2.05. The van der Waals surface area contributed by atoms with Crippen LogP contribution in [-0.2, 0) is 6.42 Å². The largest absolute Gasteiger partial charge is 0.507 e. The van der Waals surface area contributed by atoms with Crippen molar-refractivity contribution < 1.29 is 10.3 Å². The summed E-state index contributed by atoms with van der Waals surface area (Å²) in [5.74, 6) is 0.138. The van der Waals surface area contributed by atoms with Crippen molar-refractivity contribution in [3.63, 3.8) is 0 Å². The topological polar surface area (TPSA) is 52.8 Å². The molecule has 2 aromatic carbocycles. The van der Waals surface area contributed by atoms with Crippen molar-refractivity contribution in [1.82, 2.24) is 0 Å². The van der Waals surface area contributed by atoms with E-state index in [1.54, 1.807) is 18.2 Å². The van der Waals surface area contributed by atoms with Crippen LogP contribution in [0.3, 0.4) is 0 Å². The maximum Gasteiger partial charge on any atom is 0.124 e. The minimum Gasteiger partial charge on any atom is -0.507 e. The molecule has 0 radical (unpaired) electrons. The number of rotatable bonds is 4. The molecule has 0 bridgehead atoms. The van der Waals surface area contributed by atoms with Crippen LogP contribution in [0.15, 0.2) is 53.7 Å². The lowest BCUT2D eigenvalue weighted by molar-refractivity contribution is 0.317. The van der Waals surface area contributed by atoms with Crippen molar-refractivity contribution in [1.29, 1.82) is 0 Å². The first-order chi connectivity index (χ1) is 9.20. The van der Waals surface area contributed by atoms with Crippen LogP contribution < -0.4 is 0 Å². The van der Waals surface area contributed by atoms with E-state index in [1.165, 1.54) is 11.1 Å². The highest BCUT2D eigenvalue weighted by atomic mass is 16.4. The third kappa shape index (κ3) is 3.35. The molecule has 0 atom stereocenters. The second-order valence-electron chi connectivity index (χ2n) is 4.55. The smallest absolute Gasteiger partial charge is 0.124 e. The number of phenols is 1. The normalized spacial score (nSPS) is 11.5. The van der Waals surface area contributed by atoms with Crippen LogP contribution in [-0.4, -0.2) is 16.0 Å². The second kappa shape index (κ2) is 6.05. The van der Waals surface area contributed by atoms with Gasteiger partial charge in [0.05, 0.1) is 5.71 Å². The van der Waals surface area contributed by atoms with E-state index in [0.29, 0.717) is 17.7 Å². The molecule has 0 saturated heterocycles. The minimum atomic E-state index is 0.138. The van der Waals surface area contributed by atoms with Crippen molar-refractivity contribution in [3.05, 3.63) is 65.2 Å². The standard InChI is InChI=1S/C16H17NO2/c1-12-6-8-13(9-7-12)10-11-15(17-19)14-4-2-3-5-16(14)18/h2-9,18-19H,10-11H2,1H3/b17-15-. The molecule has 98 valence electrons. The van der Waals surface area contributed by atoms with Crippen LogP contribution in [0.4, 0.5) is 0 Å². The average Bonchev–Trinajstić information content (AvgIpc) is 2.43. The van der Waals surface area contributed by atoms with Gasteiger partial charge in [0.2, 0.25) is 0 Å². The minimum absolute atomic E-state index is 0.138. The summed E-state index contributed by atoms with van der Waals surface area (Å²) in [5.41, 5.74) is 3.48. The Hall–Kier alpha value is -2.29. The van der Waals surface area contributed by atoms with Crippen LogP contribution in [0.1, 0.15) is 23.1 Å². The second-order valence-corrected chi connectivity index (χ2v) is 4.55. The third-order valence-corrected chi connectivity index (χ3v) is 3.11. The van der Waals surface area contributed by atoms with E-state index in [2.05, 4.69) is 29.4 Å². The summed E-state index contributed by atoms with van der Waals surface area (Å²) >= 11 is 0. The van der Waals surface area contributed by atoms with Crippen molar-refractivity contribution in [2.24, 2.45) is 5.16 Å². The SMILES string of the molecule is Cc1ccc(CC/C(=N/O)c2ccccc2O)cc1. The first kappa shape index (κ1) is 13.1. The average molecular weight is 255 g/mol. The lowest BCUT2D eigenvalue weighted by Gasteiger charge is -2.07. The van der Waals surface area contributed by atoms with Crippen molar-refractivity contribution >= 4 is 5.71 Å². The van der Waals surface area contributed by atoms with Gasteiger partial charge in [0.15, 0.2) is 0 Å². The molecule has 0 aromatic heterocycles. The fraction of sp³-hybridized carbons (Fsp3) is 0.188. The van der Waals surface area contributed by atoms with Gasteiger partial charge in [0, 0.05) is 5.56 Å². The van der Waals surface area contributed by atoms with E-state index in [9.17, 15) is 5.11 Å². The van der Waals surface area contributed by atoms with Crippen LogP contribution in [0.5, 0.6) is 5.75 Å². The first-order valence-corrected chi connectivity index (χ1v) is 6.25. The summed E-state index contributed by atoms with van der Waals surface area (Å²) in [7, 11) is 0. The molecule has 0 saturated carbocycles. The number of benzene rings is 2. The van der Waals surface area contributed by atoms with E-state index in [-0.39, 0.29) is 5.75 Å². The Morgan fingerprint density at radius 3 is 2.37 bits per heavy atom. The fourth-order valence-corrected chi connectivity index (χ4v) is 1.97. The molecule has 0 spiro atoms. The Bertz CT molecular complexity index is 574. The molecule has 0 aliphatic heterocycles. The van der Waals surface area contributed by atoms with Crippen LogP contribution in [0, 0.1) is 6.92 Å². The predicted molar refractivity (Wildman–Crippen MR) is 75.9 cm³/mol. The lowest BCUT2D eigenvalue weighted by atomic mass is 10.0. The lowest BCUT2D eigenvalue weighted by Crippen LogP contribution is -2.03. The summed E-state index contributed by atoms with van der Waals surface area (Å²) in [6, 6.07) is 15.1. The molecule has 0 fully saturated rings. The Morgan fingerprint density at radius 2 is 1.74 bits per heavy atom. The molecule has 2 N–H and O–H groups in total. The maximum atomic E-state index is 9.75. The third-order valence-electron chi connectivity index (χ3n) is 3.11. The monoisotopic (exact) mass is 255 g/mol. The summed E-state index contributed by atoms with van der Waals surface area (Å²) in [6.07, 6.45) is 1.35. The Balaban J connectivity index is 2.09. The molecule has 19 heavy (non-hydrogen) atoms. The Morgan fingerprint density at radius 1 is 1.05 bits per heavy atom. The Labute approximate surface area is 112 Å². The van der Waals surface area contributed by atoms with Gasteiger partial charge in [-0.2, -0.15) is 0 Å². The zero-order chi connectivity index (χ0) is 13.7. The van der Waals surface area contributed by atoms with Gasteiger partial charge in [-0.25, -0.2) is 0 Å². The molecule has 0 unspecified atom stereocenters. The highest BCUT2D eigenvalue weighted by molar-refractivity contribution is 6.02. The van der Waals surface area contributed by atoms with Crippen LogP contribution in [0.2, 0.25) is 0 Å². The number of hydrogen-bond donors (Lipinski definition) is 2. The highest BCUT2D eigenvalue weighted by Gasteiger charge is 2.09. The molecule has 3 heteroatoms. The Kier molecular flexibility index (Phi) is 4.18. The van der Waals surface area contributed by atoms with Gasteiger partial charge in [0.1, 0.15) is 5.75 Å². The van der Waals surface area contributed by atoms with Crippen molar-refractivity contribution in [2.45, 2.75) is 19.8 Å². The number of phenolic OH excluding ortho intramolecular Hbond substituents is 1. The number of hydrogen-bond acceptors (Lipinski definition) is 3. The van der Waals surface area contributed by atoms with Gasteiger partial charge in [-0.15, -0.1) is 0 Å². The van der Waals surface area contributed by atoms with E-state index in [1.807, 2.05) is 13.0 Å². The van der Waals surface area contributed by atoms with Gasteiger partial charge >= 0.3 is 0 Å². The predicted octanol–water partition coefficient (Wildman–Crippen LogP) is 3.51. The quantitative estimate of drug-likeness (QED) is 0.499. The number of nitrogens with zero attached hydrogens (tertiary/aromatic N) is 1. The van der Waals surface area contributed by atoms with E-state index < -0.39 is 0 Å². The van der Waals surface area contributed by atoms with E-state index >= 15 is 0 Å². The molecule has 3 nitrogen and oxygen atoms in total. The van der Waals surface area contributed by atoms with Gasteiger partial charge in [-0.3, -0.25) is 0 Å². The van der Waals surface area contributed by atoms with Crippen molar-refractivity contribution in [2.75, 3.05) is 0 Å². The number of aryl methyl sites for hydroxylation is 2. The molecule has 0 heterocycles. The van der Waals surface area contributed by atoms with Gasteiger partial charge in [0.25, 0.3) is 0 Å². The molecule has 2 rings (SSSR count). The molecule has 2 aromatic rings.